The minimum Gasteiger partial charge on any atom is -0.361 e. The van der Waals surface area contributed by atoms with Crippen molar-refractivity contribution in [3.63, 3.8) is 0 Å². The van der Waals surface area contributed by atoms with Crippen molar-refractivity contribution in [1.29, 1.82) is 0 Å². The van der Waals surface area contributed by atoms with E-state index in [0.29, 0.717) is 18.5 Å². The molecule has 160 valence electrons. The second-order valence-electron chi connectivity index (χ2n) is 9.42. The maximum atomic E-state index is 12.4. The van der Waals surface area contributed by atoms with E-state index in [1.165, 1.54) is 25.7 Å². The minimum absolute atomic E-state index is 0.202. The highest BCUT2D eigenvalue weighted by Gasteiger charge is 2.21. The molecule has 8 heteroatoms. The first-order valence-corrected chi connectivity index (χ1v) is 14.5. The van der Waals surface area contributed by atoms with Gasteiger partial charge >= 0.3 is 6.03 Å². The zero-order valence-corrected chi connectivity index (χ0v) is 19.2. The molecule has 7 nitrogen and oxygen atoms in total. The number of urea groups is 1. The lowest BCUT2D eigenvalue weighted by molar-refractivity contribution is 0.0899. The van der Waals surface area contributed by atoms with Crippen LogP contribution in [-0.4, -0.2) is 41.3 Å². The molecular formula is C21H35N5O2Si. The Morgan fingerprint density at radius 3 is 2.86 bits per heavy atom. The Labute approximate surface area is 174 Å². The quantitative estimate of drug-likeness (QED) is 0.384. The molecule has 1 aliphatic carbocycles. The average molecular weight is 418 g/mol. The minimum atomic E-state index is -1.09. The standard InChI is InChI=1S/C21H35N5O2Si/c1-16-8-6-5-7-9-17(16)24-21(27)25-19-14-22-20-18(23-19)10-11-26(20)15-28-12-13-29(2,3)4/h10-11,14,16-17H,5-9,12-13,15H2,1-4H3,(H2,23,24,25,27)/t16-,17+/m0/s1. The van der Waals surface area contributed by atoms with E-state index in [4.69, 9.17) is 4.74 Å². The number of aromatic nitrogens is 3. The first kappa shape index (κ1) is 21.8. The normalized spacial score (nSPS) is 20.4. The molecule has 0 radical (unpaired) electrons. The number of rotatable bonds is 7. The van der Waals surface area contributed by atoms with Crippen LogP contribution in [0.2, 0.25) is 25.7 Å². The summed E-state index contributed by atoms with van der Waals surface area (Å²) in [5.41, 5.74) is 1.51. The van der Waals surface area contributed by atoms with Gasteiger partial charge in [0, 0.05) is 26.9 Å². The second kappa shape index (κ2) is 9.71. The summed E-state index contributed by atoms with van der Waals surface area (Å²) in [5, 5.41) is 5.96. The highest BCUT2D eigenvalue weighted by Crippen LogP contribution is 2.23. The van der Waals surface area contributed by atoms with Crippen LogP contribution in [0.25, 0.3) is 11.2 Å². The summed E-state index contributed by atoms with van der Waals surface area (Å²) in [6.07, 6.45) is 9.43. The molecule has 3 rings (SSSR count). The number of hydrogen-bond acceptors (Lipinski definition) is 4. The van der Waals surface area contributed by atoms with Gasteiger partial charge < -0.3 is 14.6 Å². The Balaban J connectivity index is 1.55. The molecule has 2 heterocycles. The molecule has 0 unspecified atom stereocenters. The van der Waals surface area contributed by atoms with Crippen molar-refractivity contribution in [2.45, 2.75) is 77.5 Å². The molecule has 2 aromatic rings. The zero-order chi connectivity index (χ0) is 20.9. The third-order valence-electron chi connectivity index (χ3n) is 5.61. The van der Waals surface area contributed by atoms with Crippen LogP contribution < -0.4 is 10.6 Å². The fraction of sp³-hybridized carbons (Fsp3) is 0.667. The van der Waals surface area contributed by atoms with Crippen LogP contribution in [0.3, 0.4) is 0 Å². The van der Waals surface area contributed by atoms with Crippen LogP contribution in [-0.2, 0) is 11.5 Å². The van der Waals surface area contributed by atoms with Crippen molar-refractivity contribution in [3.8, 4) is 0 Å². The molecule has 1 fully saturated rings. The molecule has 2 atom stereocenters. The summed E-state index contributed by atoms with van der Waals surface area (Å²) in [6, 6.07) is 3.07. The molecule has 29 heavy (non-hydrogen) atoms. The zero-order valence-electron chi connectivity index (χ0n) is 18.2. The Bertz CT molecular complexity index is 817. The summed E-state index contributed by atoms with van der Waals surface area (Å²) >= 11 is 0. The number of carbonyl (C=O) groups excluding carboxylic acids is 1. The van der Waals surface area contributed by atoms with Gasteiger partial charge in [-0.2, -0.15) is 0 Å². The van der Waals surface area contributed by atoms with Crippen LogP contribution >= 0.6 is 0 Å². The van der Waals surface area contributed by atoms with Crippen LogP contribution in [0.5, 0.6) is 0 Å². The van der Waals surface area contributed by atoms with Gasteiger partial charge in [0.2, 0.25) is 0 Å². The van der Waals surface area contributed by atoms with Gasteiger partial charge in [-0.05, 0) is 30.9 Å². The summed E-state index contributed by atoms with van der Waals surface area (Å²) in [5.74, 6) is 0.973. The number of fused-ring (bicyclic) bond motifs is 1. The predicted octanol–water partition coefficient (Wildman–Crippen LogP) is 4.83. The number of amides is 2. The van der Waals surface area contributed by atoms with Gasteiger partial charge in [-0.15, -0.1) is 0 Å². The Morgan fingerprint density at radius 1 is 1.28 bits per heavy atom. The number of nitrogens with zero attached hydrogens (tertiary/aromatic N) is 3. The van der Waals surface area contributed by atoms with E-state index < -0.39 is 8.07 Å². The third kappa shape index (κ3) is 6.53. The second-order valence-corrected chi connectivity index (χ2v) is 15.0. The fourth-order valence-electron chi connectivity index (χ4n) is 3.70. The fourth-order valence-corrected chi connectivity index (χ4v) is 4.45. The van der Waals surface area contributed by atoms with Gasteiger partial charge in [0.25, 0.3) is 0 Å². The van der Waals surface area contributed by atoms with Crippen molar-refractivity contribution in [2.24, 2.45) is 5.92 Å². The number of anilines is 1. The van der Waals surface area contributed by atoms with Crippen molar-refractivity contribution >= 4 is 31.1 Å². The smallest absolute Gasteiger partial charge is 0.320 e. The maximum absolute atomic E-state index is 12.4. The van der Waals surface area contributed by atoms with Crippen LogP contribution in [0.4, 0.5) is 10.6 Å². The van der Waals surface area contributed by atoms with Gasteiger partial charge in [-0.3, -0.25) is 5.32 Å². The molecule has 0 saturated heterocycles. The Kier molecular flexibility index (Phi) is 7.29. The molecular weight excluding hydrogens is 382 g/mol. The molecule has 0 aromatic carbocycles. The Morgan fingerprint density at radius 2 is 2.07 bits per heavy atom. The lowest BCUT2D eigenvalue weighted by Gasteiger charge is -2.22. The Hall–Kier alpha value is -1.93. The molecule has 2 amide bonds. The maximum Gasteiger partial charge on any atom is 0.320 e. The van der Waals surface area contributed by atoms with Gasteiger partial charge in [0.15, 0.2) is 11.5 Å². The first-order valence-electron chi connectivity index (χ1n) is 10.8. The van der Waals surface area contributed by atoms with E-state index in [1.54, 1.807) is 6.20 Å². The molecule has 1 aliphatic rings. The van der Waals surface area contributed by atoms with E-state index in [0.717, 1.165) is 30.2 Å². The van der Waals surface area contributed by atoms with Crippen LogP contribution in [0.15, 0.2) is 18.5 Å². The molecule has 0 aliphatic heterocycles. The largest absolute Gasteiger partial charge is 0.361 e. The van der Waals surface area contributed by atoms with Crippen molar-refractivity contribution < 1.29 is 9.53 Å². The van der Waals surface area contributed by atoms with E-state index >= 15 is 0 Å². The monoisotopic (exact) mass is 417 g/mol. The van der Waals surface area contributed by atoms with E-state index in [2.05, 4.69) is 47.2 Å². The summed E-state index contributed by atoms with van der Waals surface area (Å²) in [7, 11) is -1.09. The lowest BCUT2D eigenvalue weighted by Crippen LogP contribution is -2.41. The van der Waals surface area contributed by atoms with Gasteiger partial charge in [0.05, 0.1) is 6.20 Å². The average Bonchev–Trinajstić information content (AvgIpc) is 2.94. The summed E-state index contributed by atoms with van der Waals surface area (Å²) < 4.78 is 7.76. The van der Waals surface area contributed by atoms with Crippen molar-refractivity contribution in [2.75, 3.05) is 11.9 Å². The van der Waals surface area contributed by atoms with E-state index in [-0.39, 0.29) is 12.1 Å². The van der Waals surface area contributed by atoms with Gasteiger partial charge in [-0.1, -0.05) is 45.8 Å². The highest BCUT2D eigenvalue weighted by atomic mass is 28.3. The van der Waals surface area contributed by atoms with Crippen LogP contribution in [0.1, 0.15) is 39.0 Å². The molecule has 0 bridgehead atoms. The number of nitrogens with one attached hydrogen (secondary N) is 2. The van der Waals surface area contributed by atoms with Crippen LogP contribution in [0, 0.1) is 5.92 Å². The van der Waals surface area contributed by atoms with Gasteiger partial charge in [0.1, 0.15) is 12.2 Å². The van der Waals surface area contributed by atoms with Crippen molar-refractivity contribution in [1.82, 2.24) is 19.9 Å². The topological polar surface area (TPSA) is 81.1 Å². The number of hydrogen-bond donors (Lipinski definition) is 2. The first-order chi connectivity index (χ1) is 13.8. The molecule has 2 N–H and O–H groups in total. The lowest BCUT2D eigenvalue weighted by atomic mass is 9.97. The number of carbonyl (C=O) groups is 1. The third-order valence-corrected chi connectivity index (χ3v) is 7.31. The summed E-state index contributed by atoms with van der Waals surface area (Å²) in [4.78, 5) is 21.4. The summed E-state index contributed by atoms with van der Waals surface area (Å²) in [6.45, 7) is 10.5. The number of ether oxygens (including phenoxy) is 1. The highest BCUT2D eigenvalue weighted by molar-refractivity contribution is 6.76. The predicted molar refractivity (Wildman–Crippen MR) is 120 cm³/mol. The molecule has 0 spiro atoms. The van der Waals surface area contributed by atoms with E-state index in [1.807, 2.05) is 16.8 Å². The van der Waals surface area contributed by atoms with Gasteiger partial charge in [-0.25, -0.2) is 14.8 Å². The van der Waals surface area contributed by atoms with Crippen molar-refractivity contribution in [3.05, 3.63) is 18.5 Å². The SMILES string of the molecule is C[C@H]1CCCCC[C@H]1NC(=O)Nc1cnc2c(ccn2COCC[Si](C)(C)C)n1. The molecule has 2 aromatic heterocycles. The molecule has 1 saturated carbocycles. The van der Waals surface area contributed by atoms with E-state index in [9.17, 15) is 4.79 Å².